The molecule has 1 N–H and O–H groups in total. The summed E-state index contributed by atoms with van der Waals surface area (Å²) in [4.78, 5) is 21.7. The first-order valence-corrected chi connectivity index (χ1v) is 4.00. The molecule has 2 unspecified atom stereocenters. The van der Waals surface area contributed by atoms with Crippen LogP contribution in [-0.4, -0.2) is 23.1 Å². The van der Waals surface area contributed by atoms with Crippen molar-refractivity contribution in [3.05, 3.63) is 0 Å². The maximum atomic E-state index is 10.9. The Morgan fingerprint density at radius 2 is 2.20 bits per heavy atom. The number of alkyl halides is 1. The van der Waals surface area contributed by atoms with E-state index >= 15 is 0 Å². The number of nitrogens with one attached hydrogen (secondary N) is 1. The molecule has 0 aliphatic carbocycles. The number of hydrogen-bond acceptors (Lipinski definition) is 2. The van der Waals surface area contributed by atoms with Crippen molar-refractivity contribution >= 4 is 27.6 Å². The molecule has 0 aromatic heterocycles. The summed E-state index contributed by atoms with van der Waals surface area (Å²) in [5.41, 5.74) is 0. The Hall–Kier alpha value is -0.380. The zero-order valence-electron chi connectivity index (χ0n) is 5.56. The number of ketones is 1. The van der Waals surface area contributed by atoms with Crippen LogP contribution in [0.15, 0.2) is 0 Å². The lowest BCUT2D eigenvalue weighted by Crippen LogP contribution is -2.47. The van der Waals surface area contributed by atoms with Crippen LogP contribution >= 0.6 is 15.9 Å². The minimum Gasteiger partial charge on any atom is -0.348 e. The number of rotatable bonds is 0. The molecule has 1 amide bonds. The molecule has 0 saturated carbocycles. The van der Waals surface area contributed by atoms with E-state index in [0.29, 0.717) is 6.54 Å². The van der Waals surface area contributed by atoms with E-state index in [0.717, 1.165) is 0 Å². The van der Waals surface area contributed by atoms with Crippen molar-refractivity contribution in [2.75, 3.05) is 6.54 Å². The number of amides is 1. The molecule has 0 aromatic carbocycles. The zero-order valence-corrected chi connectivity index (χ0v) is 7.14. The highest BCUT2D eigenvalue weighted by molar-refractivity contribution is 9.09. The second-order valence-electron chi connectivity index (χ2n) is 2.38. The van der Waals surface area contributed by atoms with E-state index in [4.69, 9.17) is 0 Å². The molecular weight excluding hydrogens is 198 g/mol. The van der Waals surface area contributed by atoms with Gasteiger partial charge in [-0.15, -0.1) is 0 Å². The Labute approximate surface area is 67.3 Å². The molecule has 1 heterocycles. The quantitative estimate of drug-likeness (QED) is 0.450. The van der Waals surface area contributed by atoms with Gasteiger partial charge in [-0.05, 0) is 0 Å². The van der Waals surface area contributed by atoms with Crippen molar-refractivity contribution in [1.29, 1.82) is 0 Å². The first-order valence-electron chi connectivity index (χ1n) is 3.09. The van der Waals surface area contributed by atoms with Gasteiger partial charge in [0.2, 0.25) is 5.78 Å². The van der Waals surface area contributed by atoms with Crippen LogP contribution in [0.25, 0.3) is 0 Å². The van der Waals surface area contributed by atoms with Crippen molar-refractivity contribution in [2.45, 2.75) is 11.8 Å². The molecule has 1 aliphatic heterocycles. The lowest BCUT2D eigenvalue weighted by atomic mass is 9.99. The number of hydrogen-bond donors (Lipinski definition) is 1. The standard InChI is InChI=1S/C6H8BrNO2/c1-3-4(7)2-8-6(10)5(3)9/h3-4H,2H2,1H3,(H,8,10). The fourth-order valence-corrected chi connectivity index (χ4v) is 1.23. The van der Waals surface area contributed by atoms with E-state index in [1.165, 1.54) is 0 Å². The average molecular weight is 206 g/mol. The molecule has 1 rings (SSSR count). The minimum atomic E-state index is -0.455. The van der Waals surface area contributed by atoms with Crippen molar-refractivity contribution in [3.8, 4) is 0 Å². The van der Waals surface area contributed by atoms with Crippen LogP contribution in [0.5, 0.6) is 0 Å². The lowest BCUT2D eigenvalue weighted by molar-refractivity contribution is -0.141. The van der Waals surface area contributed by atoms with Gasteiger partial charge in [-0.25, -0.2) is 0 Å². The summed E-state index contributed by atoms with van der Waals surface area (Å²) in [7, 11) is 0. The van der Waals surface area contributed by atoms with Crippen LogP contribution in [0.3, 0.4) is 0 Å². The molecule has 0 bridgehead atoms. The van der Waals surface area contributed by atoms with Crippen LogP contribution in [0.2, 0.25) is 0 Å². The molecule has 0 spiro atoms. The molecular formula is C6H8BrNO2. The third kappa shape index (κ3) is 1.21. The van der Waals surface area contributed by atoms with Gasteiger partial charge in [-0.1, -0.05) is 22.9 Å². The predicted molar refractivity (Wildman–Crippen MR) is 39.9 cm³/mol. The van der Waals surface area contributed by atoms with Gasteiger partial charge >= 0.3 is 0 Å². The van der Waals surface area contributed by atoms with E-state index < -0.39 is 5.91 Å². The largest absolute Gasteiger partial charge is 0.348 e. The highest BCUT2D eigenvalue weighted by atomic mass is 79.9. The van der Waals surface area contributed by atoms with E-state index in [2.05, 4.69) is 21.2 Å². The van der Waals surface area contributed by atoms with Crippen molar-refractivity contribution < 1.29 is 9.59 Å². The SMILES string of the molecule is CC1C(=O)C(=O)NCC1Br. The maximum absolute atomic E-state index is 10.9. The van der Waals surface area contributed by atoms with Crippen molar-refractivity contribution in [1.82, 2.24) is 5.32 Å². The van der Waals surface area contributed by atoms with Crippen LogP contribution in [0.4, 0.5) is 0 Å². The maximum Gasteiger partial charge on any atom is 0.287 e. The molecule has 56 valence electrons. The summed E-state index contributed by atoms with van der Waals surface area (Å²) < 4.78 is 0. The number of carbonyl (C=O) groups excluding carboxylic acids is 2. The van der Waals surface area contributed by atoms with Gasteiger partial charge < -0.3 is 5.32 Å². The summed E-state index contributed by atoms with van der Waals surface area (Å²) in [6.07, 6.45) is 0. The van der Waals surface area contributed by atoms with E-state index in [1.54, 1.807) is 6.92 Å². The number of halogens is 1. The van der Waals surface area contributed by atoms with Gasteiger partial charge in [0.25, 0.3) is 5.91 Å². The fraction of sp³-hybridized carbons (Fsp3) is 0.667. The molecule has 3 nitrogen and oxygen atoms in total. The summed E-state index contributed by atoms with van der Waals surface area (Å²) >= 11 is 3.29. The van der Waals surface area contributed by atoms with E-state index in [-0.39, 0.29) is 16.5 Å². The Bertz CT molecular complexity index is 181. The topological polar surface area (TPSA) is 46.2 Å². The third-order valence-electron chi connectivity index (χ3n) is 1.64. The minimum absolute atomic E-state index is 0.0951. The normalized spacial score (nSPS) is 33.8. The van der Waals surface area contributed by atoms with Crippen molar-refractivity contribution in [2.24, 2.45) is 5.92 Å². The average Bonchev–Trinajstić information content (AvgIpc) is 1.93. The number of Topliss-reactive ketones (excluding diaryl/α,β-unsaturated/α-hetero) is 1. The van der Waals surface area contributed by atoms with E-state index in [9.17, 15) is 9.59 Å². The van der Waals surface area contributed by atoms with Gasteiger partial charge in [0.05, 0.1) is 0 Å². The van der Waals surface area contributed by atoms with Gasteiger partial charge in [-0.2, -0.15) is 0 Å². The zero-order chi connectivity index (χ0) is 7.72. The second kappa shape index (κ2) is 2.70. The molecule has 0 radical (unpaired) electrons. The molecule has 1 saturated heterocycles. The molecule has 0 aromatic rings. The third-order valence-corrected chi connectivity index (χ3v) is 2.75. The first kappa shape index (κ1) is 7.72. The van der Waals surface area contributed by atoms with Crippen LogP contribution in [0, 0.1) is 5.92 Å². The Kier molecular flexibility index (Phi) is 2.08. The van der Waals surface area contributed by atoms with Gasteiger partial charge in [0.15, 0.2) is 0 Å². The first-order chi connectivity index (χ1) is 4.63. The molecule has 2 atom stereocenters. The summed E-state index contributed by atoms with van der Waals surface area (Å²) in [5, 5.41) is 2.48. The monoisotopic (exact) mass is 205 g/mol. The molecule has 4 heteroatoms. The molecule has 10 heavy (non-hydrogen) atoms. The second-order valence-corrected chi connectivity index (χ2v) is 3.56. The summed E-state index contributed by atoms with van der Waals surface area (Å²) in [5.74, 6) is -0.968. The number of carbonyl (C=O) groups is 2. The summed E-state index contributed by atoms with van der Waals surface area (Å²) in [6.45, 7) is 2.30. The highest BCUT2D eigenvalue weighted by Gasteiger charge is 2.31. The fourth-order valence-electron chi connectivity index (χ4n) is 0.825. The highest BCUT2D eigenvalue weighted by Crippen LogP contribution is 2.16. The van der Waals surface area contributed by atoms with Crippen LogP contribution < -0.4 is 5.32 Å². The number of piperidine rings is 1. The van der Waals surface area contributed by atoms with Gasteiger partial charge in [-0.3, -0.25) is 9.59 Å². The Morgan fingerprint density at radius 3 is 2.70 bits per heavy atom. The molecule has 1 aliphatic rings. The van der Waals surface area contributed by atoms with Gasteiger partial charge in [0.1, 0.15) is 0 Å². The summed E-state index contributed by atoms with van der Waals surface area (Å²) in [6, 6.07) is 0. The smallest absolute Gasteiger partial charge is 0.287 e. The lowest BCUT2D eigenvalue weighted by Gasteiger charge is -2.22. The van der Waals surface area contributed by atoms with E-state index in [1.807, 2.05) is 0 Å². The Morgan fingerprint density at radius 1 is 1.60 bits per heavy atom. The van der Waals surface area contributed by atoms with Crippen molar-refractivity contribution in [3.63, 3.8) is 0 Å². The van der Waals surface area contributed by atoms with Crippen LogP contribution in [-0.2, 0) is 9.59 Å². The predicted octanol–water partition coefficient (Wildman–Crippen LogP) is 0.0849. The van der Waals surface area contributed by atoms with Gasteiger partial charge in [0, 0.05) is 17.3 Å². The molecule has 1 fully saturated rings. The Balaban J connectivity index is 2.70. The van der Waals surface area contributed by atoms with Crippen LogP contribution in [0.1, 0.15) is 6.92 Å².